The molecule has 0 N–H and O–H groups in total. The molecule has 0 atom stereocenters. The number of benzene rings is 1. The molecule has 2 aromatic rings. The quantitative estimate of drug-likeness (QED) is 0.794. The van der Waals surface area contributed by atoms with Crippen molar-refractivity contribution in [1.29, 1.82) is 0 Å². The Balaban J connectivity index is 1.48. The van der Waals surface area contributed by atoms with Gasteiger partial charge >= 0.3 is 7.12 Å². The fraction of sp³-hybridized carbons (Fsp3) is 0.550. The molecule has 6 heteroatoms. The van der Waals surface area contributed by atoms with Gasteiger partial charge < -0.3 is 14.2 Å². The summed E-state index contributed by atoms with van der Waals surface area (Å²) in [5.74, 6) is 0. The van der Waals surface area contributed by atoms with E-state index in [9.17, 15) is 0 Å². The van der Waals surface area contributed by atoms with E-state index in [1.807, 2.05) is 17.1 Å². The number of likely N-dealkylation sites (N-methyl/N-ethyl adjacent to an activating group) is 1. The van der Waals surface area contributed by atoms with Gasteiger partial charge in [0.1, 0.15) is 0 Å². The molecule has 1 aromatic carbocycles. The van der Waals surface area contributed by atoms with E-state index >= 15 is 0 Å². The fourth-order valence-electron chi connectivity index (χ4n) is 3.60. The lowest BCUT2D eigenvalue weighted by atomic mass is 9.82. The first-order valence-electron chi connectivity index (χ1n) is 9.41. The summed E-state index contributed by atoms with van der Waals surface area (Å²) in [6.45, 7) is 11.2. The summed E-state index contributed by atoms with van der Waals surface area (Å²) in [6, 6.07) is 6.81. The van der Waals surface area contributed by atoms with E-state index in [2.05, 4.69) is 62.9 Å². The molecule has 138 valence electrons. The van der Waals surface area contributed by atoms with Gasteiger partial charge in [0.05, 0.1) is 17.7 Å². The summed E-state index contributed by atoms with van der Waals surface area (Å²) >= 11 is 0. The number of hydrogen-bond acceptors (Lipinski definition) is 4. The average molecular weight is 353 g/mol. The van der Waals surface area contributed by atoms with Crippen LogP contribution in [0.15, 0.2) is 30.6 Å². The number of rotatable bonds is 3. The predicted molar refractivity (Wildman–Crippen MR) is 104 cm³/mol. The van der Waals surface area contributed by atoms with Crippen LogP contribution in [0.3, 0.4) is 0 Å². The van der Waals surface area contributed by atoms with Gasteiger partial charge in [-0.05, 0) is 57.9 Å². The summed E-state index contributed by atoms with van der Waals surface area (Å²) in [5.41, 5.74) is 4.52. The van der Waals surface area contributed by atoms with Crippen LogP contribution < -0.4 is 5.46 Å². The first-order chi connectivity index (χ1) is 12.2. The third kappa shape index (κ3) is 3.22. The Morgan fingerprint density at radius 2 is 1.85 bits per heavy atom. The number of hydrogen-bond donors (Lipinski definition) is 0. The van der Waals surface area contributed by atoms with Crippen LogP contribution in [0.1, 0.15) is 44.4 Å². The zero-order chi connectivity index (χ0) is 18.5. The summed E-state index contributed by atoms with van der Waals surface area (Å²) in [4.78, 5) is 2.37. The Hall–Kier alpha value is -1.63. The molecular weight excluding hydrogens is 325 g/mol. The first-order valence-corrected chi connectivity index (χ1v) is 9.41. The molecule has 0 bridgehead atoms. The second-order valence-electron chi connectivity index (χ2n) is 8.65. The molecule has 3 heterocycles. The molecule has 26 heavy (non-hydrogen) atoms. The van der Waals surface area contributed by atoms with Gasteiger partial charge in [-0.15, -0.1) is 0 Å². The molecule has 0 aliphatic carbocycles. The fourth-order valence-corrected chi connectivity index (χ4v) is 3.60. The summed E-state index contributed by atoms with van der Waals surface area (Å²) < 4.78 is 14.2. The number of fused-ring (bicyclic) bond motifs is 1. The molecule has 0 saturated carbocycles. The monoisotopic (exact) mass is 353 g/mol. The van der Waals surface area contributed by atoms with Crippen molar-refractivity contribution >= 4 is 12.6 Å². The largest absolute Gasteiger partial charge is 0.498 e. The molecule has 2 aliphatic heterocycles. The van der Waals surface area contributed by atoms with Crippen LogP contribution in [0.25, 0.3) is 0 Å². The van der Waals surface area contributed by atoms with Crippen LogP contribution in [0.4, 0.5) is 0 Å². The molecule has 1 aromatic heterocycles. The maximum Gasteiger partial charge on any atom is 0.498 e. The first kappa shape index (κ1) is 17.8. The minimum atomic E-state index is -0.354. The topological polar surface area (TPSA) is 39.5 Å². The van der Waals surface area contributed by atoms with Crippen LogP contribution >= 0.6 is 0 Å². The molecule has 4 rings (SSSR count). The lowest BCUT2D eigenvalue weighted by molar-refractivity contribution is 0.00578. The lowest BCUT2D eigenvalue weighted by Gasteiger charge is -2.32. The zero-order valence-corrected chi connectivity index (χ0v) is 16.5. The van der Waals surface area contributed by atoms with E-state index in [1.54, 1.807) is 0 Å². The van der Waals surface area contributed by atoms with Gasteiger partial charge in [-0.3, -0.25) is 4.68 Å². The maximum absolute atomic E-state index is 6.12. The molecule has 0 amide bonds. The molecule has 5 nitrogen and oxygen atoms in total. The van der Waals surface area contributed by atoms with Crippen LogP contribution in [0.5, 0.6) is 0 Å². The van der Waals surface area contributed by atoms with Gasteiger partial charge in [-0.25, -0.2) is 0 Å². The standard InChI is InChI=1S/C20H28BN3O2/c1-19(2)20(3,4)26-21(25-19)18-11-22-24(14-18)12-15-6-7-17-13-23(5)9-8-16(17)10-15/h6-7,10-11,14H,8-9,12-13H2,1-5H3. The average Bonchev–Trinajstić information content (AvgIpc) is 3.10. The SMILES string of the molecule is CN1CCc2cc(Cn3cc(B4OC(C)(C)C(C)(C)O4)cn3)ccc2C1. The molecule has 0 radical (unpaired) electrons. The number of aromatic nitrogens is 2. The Morgan fingerprint density at radius 3 is 2.58 bits per heavy atom. The highest BCUT2D eigenvalue weighted by atomic mass is 16.7. The van der Waals surface area contributed by atoms with Gasteiger partial charge in [-0.1, -0.05) is 18.2 Å². The summed E-state index contributed by atoms with van der Waals surface area (Å²) in [6.07, 6.45) is 5.02. The maximum atomic E-state index is 6.12. The van der Waals surface area contributed by atoms with Crippen molar-refractivity contribution in [2.45, 2.75) is 58.4 Å². The molecular formula is C20H28BN3O2. The van der Waals surface area contributed by atoms with Crippen molar-refractivity contribution in [2.75, 3.05) is 13.6 Å². The van der Waals surface area contributed by atoms with Gasteiger partial charge in [0.25, 0.3) is 0 Å². The molecule has 2 aliphatic rings. The molecule has 1 fully saturated rings. The zero-order valence-electron chi connectivity index (χ0n) is 16.5. The normalized spacial score (nSPS) is 21.8. The predicted octanol–water partition coefficient (Wildman–Crippen LogP) is 2.22. The van der Waals surface area contributed by atoms with Crippen LogP contribution in [0, 0.1) is 0 Å². The lowest BCUT2D eigenvalue weighted by Crippen LogP contribution is -2.41. The minimum absolute atomic E-state index is 0.328. The van der Waals surface area contributed by atoms with Crippen molar-refractivity contribution < 1.29 is 9.31 Å². The summed E-state index contributed by atoms with van der Waals surface area (Å²) in [5, 5.41) is 4.52. The Bertz CT molecular complexity index is 799. The Morgan fingerprint density at radius 1 is 1.12 bits per heavy atom. The van der Waals surface area contributed by atoms with Crippen molar-refractivity contribution in [3.8, 4) is 0 Å². The second kappa shape index (κ2) is 6.22. The summed E-state index contributed by atoms with van der Waals surface area (Å²) in [7, 11) is 1.82. The van der Waals surface area contributed by atoms with Crippen LogP contribution in [-0.4, -0.2) is 46.6 Å². The van der Waals surface area contributed by atoms with E-state index in [-0.39, 0.29) is 18.3 Å². The van der Waals surface area contributed by atoms with E-state index < -0.39 is 0 Å². The van der Waals surface area contributed by atoms with Gasteiger partial charge in [0.2, 0.25) is 0 Å². The van der Waals surface area contributed by atoms with Gasteiger partial charge in [0, 0.05) is 30.9 Å². The number of nitrogens with zero attached hydrogens (tertiary/aromatic N) is 3. The van der Waals surface area contributed by atoms with Crippen molar-refractivity contribution in [2.24, 2.45) is 0 Å². The van der Waals surface area contributed by atoms with E-state index in [4.69, 9.17) is 9.31 Å². The highest BCUT2D eigenvalue weighted by Gasteiger charge is 2.52. The van der Waals surface area contributed by atoms with Crippen LogP contribution in [-0.2, 0) is 28.8 Å². The Labute approximate surface area is 156 Å². The highest BCUT2D eigenvalue weighted by Crippen LogP contribution is 2.36. The third-order valence-electron chi connectivity index (χ3n) is 6.00. The second-order valence-corrected chi connectivity index (χ2v) is 8.65. The van der Waals surface area contributed by atoms with E-state index in [0.29, 0.717) is 0 Å². The molecule has 1 saturated heterocycles. The van der Waals surface area contributed by atoms with Gasteiger partial charge in [-0.2, -0.15) is 5.10 Å². The van der Waals surface area contributed by atoms with Crippen molar-refractivity contribution in [3.63, 3.8) is 0 Å². The van der Waals surface area contributed by atoms with Crippen molar-refractivity contribution in [1.82, 2.24) is 14.7 Å². The van der Waals surface area contributed by atoms with E-state index in [1.165, 1.54) is 16.7 Å². The van der Waals surface area contributed by atoms with Gasteiger partial charge in [0.15, 0.2) is 0 Å². The Kier molecular flexibility index (Phi) is 4.25. The smallest absolute Gasteiger partial charge is 0.399 e. The molecule has 0 unspecified atom stereocenters. The molecule has 0 spiro atoms. The van der Waals surface area contributed by atoms with Crippen LogP contribution in [0.2, 0.25) is 0 Å². The van der Waals surface area contributed by atoms with Crippen molar-refractivity contribution in [3.05, 3.63) is 47.3 Å². The minimum Gasteiger partial charge on any atom is -0.399 e. The van der Waals surface area contributed by atoms with E-state index in [0.717, 1.165) is 31.5 Å². The third-order valence-corrected chi connectivity index (χ3v) is 6.00. The highest BCUT2D eigenvalue weighted by molar-refractivity contribution is 6.61.